The van der Waals surface area contributed by atoms with Crippen LogP contribution >= 0.6 is 0 Å². The largest absolute Gasteiger partial charge is 0.368 e. The van der Waals surface area contributed by atoms with Crippen molar-refractivity contribution in [1.29, 1.82) is 0 Å². The molecule has 0 aliphatic carbocycles. The molecule has 0 bridgehead atoms. The van der Waals surface area contributed by atoms with Crippen LogP contribution in [0.2, 0.25) is 0 Å². The van der Waals surface area contributed by atoms with Crippen molar-refractivity contribution < 1.29 is 4.39 Å². The average molecular weight is 238 g/mol. The smallest absolute Gasteiger partial charge is 0.123 e. The first kappa shape index (κ1) is 14.0. The van der Waals surface area contributed by atoms with Crippen LogP contribution in [0.3, 0.4) is 0 Å². The van der Waals surface area contributed by atoms with Gasteiger partial charge in [0.05, 0.1) is 0 Å². The molecule has 2 nitrogen and oxygen atoms in total. The lowest BCUT2D eigenvalue weighted by atomic mass is 10.1. The zero-order valence-electron chi connectivity index (χ0n) is 11.0. The molecular formula is C14H23FN2. The van der Waals surface area contributed by atoms with Crippen molar-refractivity contribution in [3.8, 4) is 0 Å². The molecule has 1 aromatic rings. The number of hydrogen-bond acceptors (Lipinski definition) is 2. The molecule has 0 radical (unpaired) electrons. The second-order valence-corrected chi connectivity index (χ2v) is 4.13. The summed E-state index contributed by atoms with van der Waals surface area (Å²) in [4.78, 5) is 2.32. The molecule has 1 rings (SSSR count). The van der Waals surface area contributed by atoms with Crippen LogP contribution in [-0.4, -0.2) is 25.7 Å². The highest BCUT2D eigenvalue weighted by atomic mass is 19.1. The Morgan fingerprint density at radius 1 is 1.18 bits per heavy atom. The van der Waals surface area contributed by atoms with Gasteiger partial charge in [0.25, 0.3) is 0 Å². The molecule has 0 aliphatic rings. The van der Waals surface area contributed by atoms with E-state index in [2.05, 4.69) is 31.0 Å². The summed E-state index contributed by atoms with van der Waals surface area (Å²) in [6, 6.07) is 7.22. The quantitative estimate of drug-likeness (QED) is 0.785. The number of nitrogens with one attached hydrogen (secondary N) is 1. The fourth-order valence-corrected chi connectivity index (χ4v) is 2.07. The molecule has 0 heterocycles. The van der Waals surface area contributed by atoms with Crippen molar-refractivity contribution in [1.82, 2.24) is 5.32 Å². The summed E-state index contributed by atoms with van der Waals surface area (Å²) in [6.45, 7) is 9.33. The molecule has 1 N–H and O–H groups in total. The predicted octanol–water partition coefficient (Wildman–Crippen LogP) is 3.04. The third-order valence-corrected chi connectivity index (χ3v) is 3.04. The van der Waals surface area contributed by atoms with E-state index >= 15 is 0 Å². The first-order chi connectivity index (χ1) is 8.22. The maximum atomic E-state index is 12.9. The van der Waals surface area contributed by atoms with Gasteiger partial charge in [0, 0.05) is 24.8 Å². The molecule has 3 heteroatoms. The summed E-state index contributed by atoms with van der Waals surface area (Å²) < 4.78 is 12.9. The van der Waals surface area contributed by atoms with E-state index in [0.29, 0.717) is 6.04 Å². The first-order valence-corrected chi connectivity index (χ1v) is 6.45. The Bertz CT molecular complexity index is 311. The Kier molecular flexibility index (Phi) is 5.98. The van der Waals surface area contributed by atoms with E-state index in [1.165, 1.54) is 12.1 Å². The Hall–Kier alpha value is -1.09. The summed E-state index contributed by atoms with van der Waals surface area (Å²) in [5.41, 5.74) is 1.10. The molecule has 0 spiro atoms. The molecular weight excluding hydrogens is 215 g/mol. The average Bonchev–Trinajstić information content (AvgIpc) is 2.36. The van der Waals surface area contributed by atoms with Gasteiger partial charge in [-0.05, 0) is 44.2 Å². The Balaban J connectivity index is 2.77. The van der Waals surface area contributed by atoms with Gasteiger partial charge in [-0.25, -0.2) is 4.39 Å². The van der Waals surface area contributed by atoms with Gasteiger partial charge in [0.15, 0.2) is 0 Å². The highest BCUT2D eigenvalue weighted by molar-refractivity contribution is 5.47. The second-order valence-electron chi connectivity index (χ2n) is 4.13. The number of nitrogens with zero attached hydrogens (tertiary/aromatic N) is 1. The number of benzene rings is 1. The predicted molar refractivity (Wildman–Crippen MR) is 72.0 cm³/mol. The second kappa shape index (κ2) is 7.28. The maximum absolute atomic E-state index is 12.9. The lowest BCUT2D eigenvalue weighted by molar-refractivity contribution is 0.533. The monoisotopic (exact) mass is 238 g/mol. The maximum Gasteiger partial charge on any atom is 0.123 e. The SMILES string of the molecule is CCNCC(CC)N(CC)c1ccc(F)cc1. The summed E-state index contributed by atoms with van der Waals surface area (Å²) >= 11 is 0. The zero-order valence-corrected chi connectivity index (χ0v) is 11.0. The van der Waals surface area contributed by atoms with Crippen LogP contribution in [0.1, 0.15) is 27.2 Å². The lowest BCUT2D eigenvalue weighted by Crippen LogP contribution is -2.42. The van der Waals surface area contributed by atoms with Crippen molar-refractivity contribution in [3.05, 3.63) is 30.1 Å². The summed E-state index contributed by atoms with van der Waals surface area (Å²) in [5, 5.41) is 3.38. The van der Waals surface area contributed by atoms with E-state index in [1.807, 2.05) is 12.1 Å². The highest BCUT2D eigenvalue weighted by Crippen LogP contribution is 2.18. The number of likely N-dealkylation sites (N-methyl/N-ethyl adjacent to an activating group) is 2. The minimum atomic E-state index is -0.176. The van der Waals surface area contributed by atoms with Crippen molar-refractivity contribution in [3.63, 3.8) is 0 Å². The molecule has 17 heavy (non-hydrogen) atoms. The fourth-order valence-electron chi connectivity index (χ4n) is 2.07. The van der Waals surface area contributed by atoms with Crippen LogP contribution in [0.4, 0.5) is 10.1 Å². The van der Waals surface area contributed by atoms with E-state index in [9.17, 15) is 4.39 Å². The summed E-state index contributed by atoms with van der Waals surface area (Å²) in [7, 11) is 0. The zero-order chi connectivity index (χ0) is 12.7. The molecule has 96 valence electrons. The van der Waals surface area contributed by atoms with Gasteiger partial charge < -0.3 is 10.2 Å². The van der Waals surface area contributed by atoms with Gasteiger partial charge in [-0.15, -0.1) is 0 Å². The van der Waals surface area contributed by atoms with Crippen LogP contribution in [0.15, 0.2) is 24.3 Å². The van der Waals surface area contributed by atoms with Gasteiger partial charge in [-0.3, -0.25) is 0 Å². The van der Waals surface area contributed by atoms with Crippen molar-refractivity contribution in [2.45, 2.75) is 33.2 Å². The van der Waals surface area contributed by atoms with Gasteiger partial charge in [-0.1, -0.05) is 13.8 Å². The number of anilines is 1. The molecule has 1 aromatic carbocycles. The van der Waals surface area contributed by atoms with Crippen LogP contribution in [0, 0.1) is 5.82 Å². The highest BCUT2D eigenvalue weighted by Gasteiger charge is 2.15. The molecule has 0 aliphatic heterocycles. The summed E-state index contributed by atoms with van der Waals surface area (Å²) in [5.74, 6) is -0.176. The minimum Gasteiger partial charge on any atom is -0.368 e. The lowest BCUT2D eigenvalue weighted by Gasteiger charge is -2.32. The van der Waals surface area contributed by atoms with E-state index < -0.39 is 0 Å². The molecule has 0 aromatic heterocycles. The third-order valence-electron chi connectivity index (χ3n) is 3.04. The van der Waals surface area contributed by atoms with E-state index in [1.54, 1.807) is 0 Å². The Labute approximate surface area is 104 Å². The minimum absolute atomic E-state index is 0.176. The van der Waals surface area contributed by atoms with Crippen LogP contribution < -0.4 is 10.2 Å². The van der Waals surface area contributed by atoms with Gasteiger partial charge in [-0.2, -0.15) is 0 Å². The van der Waals surface area contributed by atoms with Crippen LogP contribution in [0.25, 0.3) is 0 Å². The number of rotatable bonds is 7. The third kappa shape index (κ3) is 4.00. The van der Waals surface area contributed by atoms with Crippen LogP contribution in [-0.2, 0) is 0 Å². The van der Waals surface area contributed by atoms with E-state index in [-0.39, 0.29) is 5.82 Å². The standard InChI is InChI=1S/C14H23FN2/c1-4-13(11-16-5-2)17(6-3)14-9-7-12(15)8-10-14/h7-10,13,16H,4-6,11H2,1-3H3. The summed E-state index contributed by atoms with van der Waals surface area (Å²) in [6.07, 6.45) is 1.08. The number of hydrogen-bond donors (Lipinski definition) is 1. The number of halogens is 1. The Morgan fingerprint density at radius 3 is 2.29 bits per heavy atom. The van der Waals surface area contributed by atoms with E-state index in [0.717, 1.165) is 31.7 Å². The van der Waals surface area contributed by atoms with Crippen molar-refractivity contribution in [2.75, 3.05) is 24.5 Å². The molecule has 0 saturated heterocycles. The normalized spacial score (nSPS) is 12.5. The van der Waals surface area contributed by atoms with Crippen LogP contribution in [0.5, 0.6) is 0 Å². The molecule has 0 fully saturated rings. The van der Waals surface area contributed by atoms with Gasteiger partial charge in [0.2, 0.25) is 0 Å². The van der Waals surface area contributed by atoms with Gasteiger partial charge >= 0.3 is 0 Å². The van der Waals surface area contributed by atoms with Crippen molar-refractivity contribution in [2.24, 2.45) is 0 Å². The van der Waals surface area contributed by atoms with Crippen molar-refractivity contribution >= 4 is 5.69 Å². The molecule has 1 unspecified atom stereocenters. The molecule has 1 atom stereocenters. The van der Waals surface area contributed by atoms with E-state index in [4.69, 9.17) is 0 Å². The fraction of sp³-hybridized carbons (Fsp3) is 0.571. The molecule has 0 amide bonds. The first-order valence-electron chi connectivity index (χ1n) is 6.45. The topological polar surface area (TPSA) is 15.3 Å². The van der Waals surface area contributed by atoms with Gasteiger partial charge in [0.1, 0.15) is 5.82 Å². The molecule has 0 saturated carbocycles. The Morgan fingerprint density at radius 2 is 1.82 bits per heavy atom.